The molecule has 140 valence electrons. The summed E-state index contributed by atoms with van der Waals surface area (Å²) in [6, 6.07) is 0. The van der Waals surface area contributed by atoms with Crippen LogP contribution in [-0.4, -0.2) is 31.2 Å². The number of aliphatic hydroxyl groups excluding tert-OH is 1. The van der Waals surface area contributed by atoms with Gasteiger partial charge >= 0.3 is 0 Å². The number of rotatable bonds is 19. The fourth-order valence-corrected chi connectivity index (χ4v) is 2.70. The van der Waals surface area contributed by atoms with Crippen LogP contribution < -0.4 is 0 Å². The van der Waals surface area contributed by atoms with Gasteiger partial charge in [-0.15, -0.1) is 0 Å². The van der Waals surface area contributed by atoms with Crippen molar-refractivity contribution in [2.24, 2.45) is 0 Å². The number of ether oxygens (including phenoxy) is 2. The lowest BCUT2D eigenvalue weighted by Gasteiger charge is -2.16. The van der Waals surface area contributed by atoms with Gasteiger partial charge in [-0.25, -0.2) is 0 Å². The molecule has 0 aliphatic carbocycles. The molecule has 0 radical (unpaired) electrons. The zero-order valence-electron chi connectivity index (χ0n) is 15.9. The Morgan fingerprint density at radius 3 is 1.30 bits per heavy atom. The molecule has 0 aromatic heterocycles. The molecule has 23 heavy (non-hydrogen) atoms. The van der Waals surface area contributed by atoms with E-state index in [0.29, 0.717) is 13.2 Å². The van der Waals surface area contributed by atoms with E-state index in [0.717, 1.165) is 12.8 Å². The zero-order valence-corrected chi connectivity index (χ0v) is 15.9. The van der Waals surface area contributed by atoms with Crippen molar-refractivity contribution >= 4 is 0 Å². The smallest absolute Gasteiger partial charge is 0.180 e. The van der Waals surface area contributed by atoms with E-state index in [2.05, 4.69) is 13.8 Å². The third-order valence-corrected chi connectivity index (χ3v) is 4.25. The molecule has 3 heteroatoms. The van der Waals surface area contributed by atoms with Gasteiger partial charge in [-0.1, -0.05) is 90.9 Å². The molecule has 0 heterocycles. The summed E-state index contributed by atoms with van der Waals surface area (Å²) in [6.07, 6.45) is 17.6. The maximum Gasteiger partial charge on any atom is 0.180 e. The van der Waals surface area contributed by atoms with E-state index >= 15 is 0 Å². The Kier molecular flexibility index (Phi) is 19.8. The average molecular weight is 331 g/mol. The van der Waals surface area contributed by atoms with Crippen molar-refractivity contribution in [3.05, 3.63) is 0 Å². The van der Waals surface area contributed by atoms with E-state index in [1.54, 1.807) is 0 Å². The minimum Gasteiger partial charge on any atom is -0.391 e. The van der Waals surface area contributed by atoms with Gasteiger partial charge in [0.2, 0.25) is 0 Å². The third-order valence-electron chi connectivity index (χ3n) is 4.25. The lowest BCUT2D eigenvalue weighted by atomic mass is 10.1. The molecule has 1 atom stereocenters. The highest BCUT2D eigenvalue weighted by molar-refractivity contribution is 4.48. The second-order valence-electron chi connectivity index (χ2n) is 6.60. The quantitative estimate of drug-likeness (QED) is 0.239. The summed E-state index contributed by atoms with van der Waals surface area (Å²) >= 11 is 0. The predicted octanol–water partition coefficient (Wildman–Crippen LogP) is 5.84. The number of hydrogen-bond donors (Lipinski definition) is 1. The summed E-state index contributed by atoms with van der Waals surface area (Å²) in [7, 11) is 0. The van der Waals surface area contributed by atoms with Crippen molar-refractivity contribution in [1.29, 1.82) is 0 Å². The molecule has 0 rings (SSSR count). The van der Waals surface area contributed by atoms with Crippen LogP contribution in [0.2, 0.25) is 0 Å². The Morgan fingerprint density at radius 2 is 0.913 bits per heavy atom. The fourth-order valence-electron chi connectivity index (χ4n) is 2.70. The summed E-state index contributed by atoms with van der Waals surface area (Å²) in [5.41, 5.74) is 0. The van der Waals surface area contributed by atoms with E-state index in [1.165, 1.54) is 77.0 Å². The van der Waals surface area contributed by atoms with Gasteiger partial charge in [-0.3, -0.25) is 0 Å². The SMILES string of the molecule is CCCCCCCCCCCCOC(CO)OCCCCCC. The van der Waals surface area contributed by atoms with Crippen LogP contribution in [0.3, 0.4) is 0 Å². The maximum atomic E-state index is 9.24. The Morgan fingerprint density at radius 1 is 0.565 bits per heavy atom. The zero-order chi connectivity index (χ0) is 17.0. The summed E-state index contributed by atoms with van der Waals surface area (Å²) < 4.78 is 11.2. The van der Waals surface area contributed by atoms with Crippen LogP contribution in [0, 0.1) is 0 Å². The molecule has 0 saturated carbocycles. The van der Waals surface area contributed by atoms with Crippen molar-refractivity contribution in [2.75, 3.05) is 19.8 Å². The van der Waals surface area contributed by atoms with Crippen LogP contribution in [0.5, 0.6) is 0 Å². The van der Waals surface area contributed by atoms with Crippen LogP contribution in [-0.2, 0) is 9.47 Å². The average Bonchev–Trinajstić information content (AvgIpc) is 2.57. The van der Waals surface area contributed by atoms with Crippen molar-refractivity contribution in [2.45, 2.75) is 110 Å². The van der Waals surface area contributed by atoms with Gasteiger partial charge < -0.3 is 14.6 Å². The summed E-state index contributed by atoms with van der Waals surface area (Å²) in [4.78, 5) is 0. The van der Waals surface area contributed by atoms with Gasteiger partial charge in [0.15, 0.2) is 6.29 Å². The lowest BCUT2D eigenvalue weighted by molar-refractivity contribution is -0.163. The van der Waals surface area contributed by atoms with Gasteiger partial charge in [0.25, 0.3) is 0 Å². The predicted molar refractivity (Wildman–Crippen MR) is 98.8 cm³/mol. The monoisotopic (exact) mass is 330 g/mol. The molecule has 0 fully saturated rings. The van der Waals surface area contributed by atoms with E-state index in [-0.39, 0.29) is 6.61 Å². The molecular formula is C20H42O3. The first-order chi connectivity index (χ1) is 11.3. The van der Waals surface area contributed by atoms with E-state index in [1.807, 2.05) is 0 Å². The molecule has 0 aromatic carbocycles. The largest absolute Gasteiger partial charge is 0.391 e. The number of aliphatic hydroxyl groups is 1. The minimum absolute atomic E-state index is 0.0362. The van der Waals surface area contributed by atoms with E-state index < -0.39 is 6.29 Å². The highest BCUT2D eigenvalue weighted by atomic mass is 16.7. The molecule has 0 aliphatic heterocycles. The second-order valence-corrected chi connectivity index (χ2v) is 6.60. The standard InChI is InChI=1S/C20H42O3/c1-3-5-7-9-10-11-12-13-14-16-18-23-20(19-21)22-17-15-8-6-4-2/h20-21H,3-19H2,1-2H3. The molecule has 0 aliphatic rings. The van der Waals surface area contributed by atoms with Crippen LogP contribution in [0.15, 0.2) is 0 Å². The topological polar surface area (TPSA) is 38.7 Å². The second kappa shape index (κ2) is 19.9. The molecule has 1 unspecified atom stereocenters. The first kappa shape index (κ1) is 22.9. The first-order valence-corrected chi connectivity index (χ1v) is 10.2. The lowest BCUT2D eigenvalue weighted by Crippen LogP contribution is -2.22. The van der Waals surface area contributed by atoms with Crippen LogP contribution in [0.25, 0.3) is 0 Å². The van der Waals surface area contributed by atoms with Gasteiger partial charge in [0.1, 0.15) is 0 Å². The molecule has 0 spiro atoms. The Balaban J connectivity index is 3.24. The third kappa shape index (κ3) is 18.1. The van der Waals surface area contributed by atoms with Gasteiger partial charge in [-0.05, 0) is 12.8 Å². The van der Waals surface area contributed by atoms with Gasteiger partial charge in [0, 0.05) is 13.2 Å². The van der Waals surface area contributed by atoms with E-state index in [9.17, 15) is 5.11 Å². The van der Waals surface area contributed by atoms with Crippen molar-refractivity contribution < 1.29 is 14.6 Å². The molecule has 0 saturated heterocycles. The number of hydrogen-bond acceptors (Lipinski definition) is 3. The van der Waals surface area contributed by atoms with Gasteiger partial charge in [-0.2, -0.15) is 0 Å². The molecule has 1 N–H and O–H groups in total. The summed E-state index contributed by atoms with van der Waals surface area (Å²) in [5.74, 6) is 0. The van der Waals surface area contributed by atoms with Crippen LogP contribution >= 0.6 is 0 Å². The Hall–Kier alpha value is -0.120. The molecule has 3 nitrogen and oxygen atoms in total. The van der Waals surface area contributed by atoms with Crippen molar-refractivity contribution in [3.8, 4) is 0 Å². The molecular weight excluding hydrogens is 288 g/mol. The van der Waals surface area contributed by atoms with Crippen LogP contribution in [0.4, 0.5) is 0 Å². The Labute approximate surface area is 145 Å². The highest BCUT2D eigenvalue weighted by Crippen LogP contribution is 2.11. The fraction of sp³-hybridized carbons (Fsp3) is 1.00. The number of unbranched alkanes of at least 4 members (excludes halogenated alkanes) is 12. The molecule has 0 amide bonds. The van der Waals surface area contributed by atoms with Crippen molar-refractivity contribution in [3.63, 3.8) is 0 Å². The van der Waals surface area contributed by atoms with Gasteiger partial charge in [0.05, 0.1) is 6.61 Å². The normalized spacial score (nSPS) is 12.7. The summed E-state index contributed by atoms with van der Waals surface area (Å²) in [6.45, 7) is 5.83. The molecule has 0 aromatic rings. The van der Waals surface area contributed by atoms with E-state index in [4.69, 9.17) is 9.47 Å². The summed E-state index contributed by atoms with van der Waals surface area (Å²) in [5, 5.41) is 9.24. The minimum atomic E-state index is -0.421. The Bertz CT molecular complexity index is 209. The first-order valence-electron chi connectivity index (χ1n) is 10.2. The van der Waals surface area contributed by atoms with Crippen molar-refractivity contribution in [1.82, 2.24) is 0 Å². The molecule has 0 bridgehead atoms. The van der Waals surface area contributed by atoms with Crippen LogP contribution in [0.1, 0.15) is 104 Å². The maximum absolute atomic E-state index is 9.24. The highest BCUT2D eigenvalue weighted by Gasteiger charge is 2.07.